The molecule has 0 spiro atoms. The lowest BCUT2D eigenvalue weighted by molar-refractivity contribution is -0.120. The zero-order chi connectivity index (χ0) is 15.1. The molecule has 1 amide bonds. The number of hydrogen-bond donors (Lipinski definition) is 2. The van der Waals surface area contributed by atoms with Crippen molar-refractivity contribution in [3.8, 4) is 0 Å². The second-order valence-electron chi connectivity index (χ2n) is 5.39. The first kappa shape index (κ1) is 15.8. The highest BCUT2D eigenvalue weighted by molar-refractivity contribution is 5.77. The molecule has 0 bridgehead atoms. The van der Waals surface area contributed by atoms with Crippen molar-refractivity contribution in [1.82, 2.24) is 10.6 Å². The molecule has 21 heavy (non-hydrogen) atoms. The molecular weight excluding hydrogens is 266 g/mol. The van der Waals surface area contributed by atoms with E-state index < -0.39 is 0 Å². The minimum absolute atomic E-state index is 0.143. The fraction of sp³-hybridized carbons (Fsp3) is 0.562. The van der Waals surface area contributed by atoms with E-state index >= 15 is 0 Å². The summed E-state index contributed by atoms with van der Waals surface area (Å²) in [5.74, 6) is 0.143. The van der Waals surface area contributed by atoms with Crippen LogP contribution in [0.3, 0.4) is 0 Å². The monoisotopic (exact) mass is 291 g/mol. The number of benzene rings is 1. The predicted octanol–water partition coefficient (Wildman–Crippen LogP) is 1.06. The molecule has 1 heterocycles. The first-order valence-corrected chi connectivity index (χ1v) is 7.51. The third kappa shape index (κ3) is 4.72. The molecule has 1 aromatic rings. The lowest BCUT2D eigenvalue weighted by Crippen LogP contribution is -2.30. The van der Waals surface area contributed by atoms with Gasteiger partial charge in [0.2, 0.25) is 5.91 Å². The molecule has 5 nitrogen and oxygen atoms in total. The first-order valence-electron chi connectivity index (χ1n) is 7.51. The minimum Gasteiger partial charge on any atom is -0.383 e. The van der Waals surface area contributed by atoms with E-state index in [1.807, 2.05) is 0 Å². The highest BCUT2D eigenvalue weighted by Crippen LogP contribution is 2.22. The normalized spacial score (nSPS) is 15.7. The predicted molar refractivity (Wildman–Crippen MR) is 84.6 cm³/mol. The van der Waals surface area contributed by atoms with Gasteiger partial charge >= 0.3 is 0 Å². The summed E-state index contributed by atoms with van der Waals surface area (Å²) in [6, 6.07) is 6.52. The molecule has 0 atom stereocenters. The van der Waals surface area contributed by atoms with Gasteiger partial charge < -0.3 is 20.3 Å². The Morgan fingerprint density at radius 1 is 1.38 bits per heavy atom. The van der Waals surface area contributed by atoms with Gasteiger partial charge in [-0.05, 0) is 18.6 Å². The van der Waals surface area contributed by atoms with E-state index in [0.29, 0.717) is 19.6 Å². The third-order valence-electron chi connectivity index (χ3n) is 3.69. The van der Waals surface area contributed by atoms with Crippen LogP contribution in [0.4, 0.5) is 5.69 Å². The minimum atomic E-state index is 0.143. The van der Waals surface area contributed by atoms with Gasteiger partial charge in [0.1, 0.15) is 0 Å². The number of ether oxygens (including phenoxy) is 1. The molecule has 5 heteroatoms. The van der Waals surface area contributed by atoms with E-state index in [2.05, 4.69) is 40.7 Å². The molecule has 0 saturated carbocycles. The van der Waals surface area contributed by atoms with E-state index in [9.17, 15) is 4.79 Å². The summed E-state index contributed by atoms with van der Waals surface area (Å²) in [6.07, 6.45) is 0.560. The molecule has 0 radical (unpaired) electrons. The highest BCUT2D eigenvalue weighted by Gasteiger charge is 2.16. The Morgan fingerprint density at radius 2 is 2.24 bits per heavy atom. The second-order valence-corrected chi connectivity index (χ2v) is 5.39. The number of rotatable bonds is 6. The fourth-order valence-corrected chi connectivity index (χ4v) is 2.57. The van der Waals surface area contributed by atoms with Gasteiger partial charge in [0.05, 0.1) is 6.61 Å². The van der Waals surface area contributed by atoms with Crippen molar-refractivity contribution in [2.24, 2.45) is 0 Å². The average molecular weight is 291 g/mol. The van der Waals surface area contributed by atoms with Crippen LogP contribution < -0.4 is 15.5 Å². The molecule has 1 saturated heterocycles. The standard InChI is InChI=1S/C16H25N3O2/c1-13-3-4-15(14(11-13)12-17-7-10-21-2)19-8-5-16(20)18-6-9-19/h3-4,11,17H,5-10,12H2,1-2H3,(H,18,20). The van der Waals surface area contributed by atoms with Gasteiger partial charge in [-0.25, -0.2) is 0 Å². The van der Waals surface area contributed by atoms with Gasteiger partial charge in [0.15, 0.2) is 0 Å². The summed E-state index contributed by atoms with van der Waals surface area (Å²) < 4.78 is 5.06. The molecule has 0 unspecified atom stereocenters. The van der Waals surface area contributed by atoms with Crippen LogP contribution in [0.15, 0.2) is 18.2 Å². The average Bonchev–Trinajstić information content (AvgIpc) is 2.69. The van der Waals surface area contributed by atoms with Gasteiger partial charge in [0.25, 0.3) is 0 Å². The Kier molecular flexibility index (Phi) is 6.02. The number of hydrogen-bond acceptors (Lipinski definition) is 4. The van der Waals surface area contributed by atoms with E-state index in [0.717, 1.165) is 26.2 Å². The molecular formula is C16H25N3O2. The summed E-state index contributed by atoms with van der Waals surface area (Å²) >= 11 is 0. The number of nitrogens with one attached hydrogen (secondary N) is 2. The summed E-state index contributed by atoms with van der Waals surface area (Å²) in [5.41, 5.74) is 3.76. The van der Waals surface area contributed by atoms with Crippen molar-refractivity contribution < 1.29 is 9.53 Å². The van der Waals surface area contributed by atoms with Crippen LogP contribution in [0.25, 0.3) is 0 Å². The summed E-state index contributed by atoms with van der Waals surface area (Å²) in [4.78, 5) is 13.8. The van der Waals surface area contributed by atoms with Crippen LogP contribution in [0.2, 0.25) is 0 Å². The molecule has 1 aliphatic heterocycles. The first-order chi connectivity index (χ1) is 10.2. The third-order valence-corrected chi connectivity index (χ3v) is 3.69. The maximum atomic E-state index is 11.5. The van der Waals surface area contributed by atoms with Gasteiger partial charge in [-0.2, -0.15) is 0 Å². The Hall–Kier alpha value is -1.59. The lowest BCUT2D eigenvalue weighted by Gasteiger charge is -2.25. The smallest absolute Gasteiger partial charge is 0.221 e. The van der Waals surface area contributed by atoms with Crippen molar-refractivity contribution in [3.63, 3.8) is 0 Å². The zero-order valence-electron chi connectivity index (χ0n) is 12.9. The second kappa shape index (κ2) is 8.00. The molecule has 116 valence electrons. The van der Waals surface area contributed by atoms with Crippen LogP contribution >= 0.6 is 0 Å². The number of amides is 1. The van der Waals surface area contributed by atoms with Gasteiger partial charge in [-0.3, -0.25) is 4.79 Å². The fourth-order valence-electron chi connectivity index (χ4n) is 2.57. The quantitative estimate of drug-likeness (QED) is 0.770. The molecule has 0 aliphatic carbocycles. The summed E-state index contributed by atoms with van der Waals surface area (Å²) in [6.45, 7) is 6.82. The Bertz CT molecular complexity index is 477. The molecule has 1 aromatic carbocycles. The van der Waals surface area contributed by atoms with Crippen LogP contribution in [-0.2, 0) is 16.1 Å². The van der Waals surface area contributed by atoms with Crippen molar-refractivity contribution >= 4 is 11.6 Å². The SMILES string of the molecule is COCCNCc1cc(C)ccc1N1CCNC(=O)CC1. The molecule has 0 aromatic heterocycles. The van der Waals surface area contributed by atoms with Crippen LogP contribution in [0.5, 0.6) is 0 Å². The molecule has 1 fully saturated rings. The van der Waals surface area contributed by atoms with E-state index in [-0.39, 0.29) is 5.91 Å². The highest BCUT2D eigenvalue weighted by atomic mass is 16.5. The number of carbonyl (C=O) groups is 1. The zero-order valence-corrected chi connectivity index (χ0v) is 12.9. The van der Waals surface area contributed by atoms with E-state index in [4.69, 9.17) is 4.74 Å². The summed E-state index contributed by atoms with van der Waals surface area (Å²) in [7, 11) is 1.71. The van der Waals surface area contributed by atoms with Crippen LogP contribution in [0.1, 0.15) is 17.5 Å². The van der Waals surface area contributed by atoms with Gasteiger partial charge in [0, 0.05) is 51.9 Å². The number of carbonyl (C=O) groups excluding carboxylic acids is 1. The molecule has 2 rings (SSSR count). The Morgan fingerprint density at radius 3 is 3.05 bits per heavy atom. The largest absolute Gasteiger partial charge is 0.383 e. The number of aryl methyl sites for hydroxylation is 1. The Labute approximate surface area is 126 Å². The topological polar surface area (TPSA) is 53.6 Å². The maximum Gasteiger partial charge on any atom is 0.221 e. The van der Waals surface area contributed by atoms with Crippen LogP contribution in [0, 0.1) is 6.92 Å². The van der Waals surface area contributed by atoms with Crippen molar-refractivity contribution in [1.29, 1.82) is 0 Å². The van der Waals surface area contributed by atoms with Crippen molar-refractivity contribution in [3.05, 3.63) is 29.3 Å². The summed E-state index contributed by atoms with van der Waals surface area (Å²) in [5, 5.41) is 6.32. The Balaban J connectivity index is 2.08. The maximum absolute atomic E-state index is 11.5. The van der Waals surface area contributed by atoms with Crippen LogP contribution in [-0.4, -0.2) is 45.8 Å². The lowest BCUT2D eigenvalue weighted by atomic mass is 10.1. The number of methoxy groups -OCH3 is 1. The number of nitrogens with zero attached hydrogens (tertiary/aromatic N) is 1. The van der Waals surface area contributed by atoms with Crippen molar-refractivity contribution in [2.45, 2.75) is 19.9 Å². The number of anilines is 1. The van der Waals surface area contributed by atoms with Gasteiger partial charge in [-0.1, -0.05) is 17.7 Å². The van der Waals surface area contributed by atoms with E-state index in [1.54, 1.807) is 7.11 Å². The van der Waals surface area contributed by atoms with Crippen molar-refractivity contribution in [2.75, 3.05) is 44.8 Å². The van der Waals surface area contributed by atoms with E-state index in [1.165, 1.54) is 16.8 Å². The molecule has 2 N–H and O–H groups in total. The van der Waals surface area contributed by atoms with Gasteiger partial charge in [-0.15, -0.1) is 0 Å². The molecule has 1 aliphatic rings.